The summed E-state index contributed by atoms with van der Waals surface area (Å²) in [5.74, 6) is 0.00598. The van der Waals surface area contributed by atoms with Crippen LogP contribution in [0.4, 0.5) is 5.69 Å². The minimum atomic E-state index is -0.601. The summed E-state index contributed by atoms with van der Waals surface area (Å²) in [6, 6.07) is 2.50. The van der Waals surface area contributed by atoms with E-state index < -0.39 is 10.8 Å². The van der Waals surface area contributed by atoms with Gasteiger partial charge in [0.2, 0.25) is 0 Å². The number of amides is 1. The Bertz CT molecular complexity index is 576. The molecular formula is C14H20ClN3O5. The molecule has 23 heavy (non-hydrogen) atoms. The predicted molar refractivity (Wildman–Crippen MR) is 86.8 cm³/mol. The first-order valence-electron chi connectivity index (χ1n) is 6.98. The summed E-state index contributed by atoms with van der Waals surface area (Å²) in [6.07, 6.45) is 1.80. The average Bonchev–Trinajstić information content (AvgIpc) is 2.54. The van der Waals surface area contributed by atoms with Crippen molar-refractivity contribution in [3.8, 4) is 11.5 Å². The molecule has 128 valence electrons. The van der Waals surface area contributed by atoms with Crippen LogP contribution in [0.25, 0.3) is 0 Å². The van der Waals surface area contributed by atoms with E-state index in [4.69, 9.17) is 9.47 Å². The molecule has 8 nitrogen and oxygen atoms in total. The van der Waals surface area contributed by atoms with E-state index >= 15 is 0 Å². The van der Waals surface area contributed by atoms with Gasteiger partial charge in [-0.15, -0.1) is 12.4 Å². The summed E-state index contributed by atoms with van der Waals surface area (Å²) in [5.41, 5.74) is -0.341. The smallest absolute Gasteiger partial charge is 0.286 e. The quantitative estimate of drug-likeness (QED) is 0.619. The summed E-state index contributed by atoms with van der Waals surface area (Å²) in [7, 11) is 2.80. The lowest BCUT2D eigenvalue weighted by Crippen LogP contribution is -2.45. The van der Waals surface area contributed by atoms with Gasteiger partial charge in [0.05, 0.1) is 25.2 Å². The van der Waals surface area contributed by atoms with Crippen LogP contribution in [0.15, 0.2) is 12.1 Å². The molecule has 0 aliphatic carbocycles. The number of nitrogens with one attached hydrogen (secondary N) is 2. The minimum Gasteiger partial charge on any atom is -0.493 e. The van der Waals surface area contributed by atoms with Crippen molar-refractivity contribution >= 4 is 24.0 Å². The molecule has 0 bridgehead atoms. The summed E-state index contributed by atoms with van der Waals surface area (Å²) in [4.78, 5) is 23.0. The molecule has 1 heterocycles. The van der Waals surface area contributed by atoms with Crippen molar-refractivity contribution in [1.29, 1.82) is 0 Å². The molecule has 2 rings (SSSR count). The molecule has 1 aromatic carbocycles. The van der Waals surface area contributed by atoms with Crippen molar-refractivity contribution in [3.05, 3.63) is 27.8 Å². The number of methoxy groups -OCH3 is 2. The lowest BCUT2D eigenvalue weighted by molar-refractivity contribution is -0.385. The maximum Gasteiger partial charge on any atom is 0.286 e. The van der Waals surface area contributed by atoms with E-state index in [1.54, 1.807) is 0 Å². The largest absolute Gasteiger partial charge is 0.493 e. The molecule has 1 fully saturated rings. The van der Waals surface area contributed by atoms with Crippen molar-refractivity contribution in [2.24, 2.45) is 0 Å². The molecule has 0 spiro atoms. The van der Waals surface area contributed by atoms with E-state index in [9.17, 15) is 14.9 Å². The summed E-state index contributed by atoms with van der Waals surface area (Å²) in [6.45, 7) is 1.58. The summed E-state index contributed by atoms with van der Waals surface area (Å²) in [5, 5.41) is 17.2. The van der Waals surface area contributed by atoms with E-state index in [0.29, 0.717) is 6.54 Å². The molecule has 2 N–H and O–H groups in total. The number of carbonyl (C=O) groups excluding carboxylic acids is 1. The number of ether oxygens (including phenoxy) is 2. The standard InChI is InChI=1S/C14H19N3O5.ClH/c1-21-12-6-10(11(17(19)20)7-13(12)22-2)14(18)16-9-4-3-5-15-8-9;/h6-7,9,15H,3-5,8H2,1-2H3,(H,16,18);1H/t9-;/m0./s1. The predicted octanol–water partition coefficient (Wildman–Crippen LogP) is 1.52. The Kier molecular flexibility index (Phi) is 7.05. The Morgan fingerprint density at radius 1 is 1.35 bits per heavy atom. The van der Waals surface area contributed by atoms with Crippen molar-refractivity contribution < 1.29 is 19.2 Å². The van der Waals surface area contributed by atoms with Crippen molar-refractivity contribution in [1.82, 2.24) is 10.6 Å². The first-order chi connectivity index (χ1) is 10.6. The second kappa shape index (κ2) is 8.54. The molecule has 1 amide bonds. The monoisotopic (exact) mass is 345 g/mol. The van der Waals surface area contributed by atoms with Gasteiger partial charge in [-0.3, -0.25) is 14.9 Å². The van der Waals surface area contributed by atoms with E-state index in [1.165, 1.54) is 26.4 Å². The Balaban J connectivity index is 0.00000264. The number of halogens is 1. The van der Waals surface area contributed by atoms with E-state index in [-0.39, 0.29) is 41.2 Å². The lowest BCUT2D eigenvalue weighted by atomic mass is 10.1. The van der Waals surface area contributed by atoms with Crippen LogP contribution >= 0.6 is 12.4 Å². The maximum atomic E-state index is 12.4. The Morgan fingerprint density at radius 3 is 2.52 bits per heavy atom. The van der Waals surface area contributed by atoms with Crippen LogP contribution in [0.5, 0.6) is 11.5 Å². The summed E-state index contributed by atoms with van der Waals surface area (Å²) < 4.78 is 10.2. The van der Waals surface area contributed by atoms with Gasteiger partial charge in [-0.05, 0) is 19.4 Å². The van der Waals surface area contributed by atoms with Crippen LogP contribution in [-0.4, -0.2) is 44.2 Å². The second-order valence-electron chi connectivity index (χ2n) is 5.00. The molecule has 1 aliphatic rings. The lowest BCUT2D eigenvalue weighted by Gasteiger charge is -2.23. The van der Waals surface area contributed by atoms with Crippen molar-refractivity contribution in [3.63, 3.8) is 0 Å². The van der Waals surface area contributed by atoms with Crippen molar-refractivity contribution in [2.75, 3.05) is 27.3 Å². The number of nitro benzene ring substituents is 1. The van der Waals surface area contributed by atoms with Gasteiger partial charge in [0.25, 0.3) is 11.6 Å². The molecule has 1 saturated heterocycles. The number of carbonyl (C=O) groups is 1. The summed E-state index contributed by atoms with van der Waals surface area (Å²) >= 11 is 0. The highest BCUT2D eigenvalue weighted by atomic mass is 35.5. The van der Waals surface area contributed by atoms with Gasteiger partial charge in [-0.2, -0.15) is 0 Å². The number of rotatable bonds is 5. The average molecular weight is 346 g/mol. The van der Waals surface area contributed by atoms with Gasteiger partial charge in [0.1, 0.15) is 5.56 Å². The molecular weight excluding hydrogens is 326 g/mol. The van der Waals surface area contributed by atoms with Gasteiger partial charge < -0.3 is 20.1 Å². The SMILES string of the molecule is COc1cc(C(=O)N[C@H]2CCCNC2)c([N+](=O)[O-])cc1OC.Cl. The van der Waals surface area contributed by atoms with E-state index in [2.05, 4.69) is 10.6 Å². The first-order valence-corrected chi connectivity index (χ1v) is 6.98. The van der Waals surface area contributed by atoms with Crippen LogP contribution in [0.1, 0.15) is 23.2 Å². The highest BCUT2D eigenvalue weighted by Gasteiger charge is 2.26. The number of nitro groups is 1. The Labute approximate surface area is 140 Å². The highest BCUT2D eigenvalue weighted by Crippen LogP contribution is 2.34. The van der Waals surface area contributed by atoms with Crippen LogP contribution in [-0.2, 0) is 0 Å². The molecule has 1 aromatic rings. The molecule has 0 aromatic heterocycles. The number of hydrogen-bond donors (Lipinski definition) is 2. The van der Waals surface area contributed by atoms with Crippen LogP contribution in [0.2, 0.25) is 0 Å². The topological polar surface area (TPSA) is 103 Å². The molecule has 0 unspecified atom stereocenters. The van der Waals surface area contributed by atoms with Crippen LogP contribution in [0.3, 0.4) is 0 Å². The molecule has 1 atom stereocenters. The van der Waals surface area contributed by atoms with Crippen LogP contribution in [0, 0.1) is 10.1 Å². The van der Waals surface area contributed by atoms with Gasteiger partial charge in [0.15, 0.2) is 11.5 Å². The fraction of sp³-hybridized carbons (Fsp3) is 0.500. The first kappa shape index (κ1) is 19.0. The van der Waals surface area contributed by atoms with Gasteiger partial charge in [-0.1, -0.05) is 0 Å². The molecule has 0 saturated carbocycles. The zero-order chi connectivity index (χ0) is 16.1. The number of nitrogens with zero attached hydrogens (tertiary/aromatic N) is 1. The molecule has 0 radical (unpaired) electrons. The Morgan fingerprint density at radius 2 is 2.00 bits per heavy atom. The zero-order valence-corrected chi connectivity index (χ0v) is 13.8. The molecule has 1 aliphatic heterocycles. The third-order valence-corrected chi connectivity index (χ3v) is 3.58. The maximum absolute atomic E-state index is 12.4. The van der Waals surface area contributed by atoms with Crippen molar-refractivity contribution in [2.45, 2.75) is 18.9 Å². The van der Waals surface area contributed by atoms with E-state index in [0.717, 1.165) is 19.4 Å². The number of piperidine rings is 1. The number of hydrogen-bond acceptors (Lipinski definition) is 6. The van der Waals surface area contributed by atoms with Gasteiger partial charge in [0, 0.05) is 18.7 Å². The fourth-order valence-corrected chi connectivity index (χ4v) is 2.44. The normalized spacial score (nSPS) is 16.9. The van der Waals surface area contributed by atoms with Crippen LogP contribution < -0.4 is 20.1 Å². The minimum absolute atomic E-state index is 0. The van der Waals surface area contributed by atoms with Gasteiger partial charge in [-0.25, -0.2) is 0 Å². The Hall–Kier alpha value is -2.06. The second-order valence-corrected chi connectivity index (χ2v) is 5.00. The zero-order valence-electron chi connectivity index (χ0n) is 13.0. The highest BCUT2D eigenvalue weighted by molar-refractivity contribution is 5.99. The van der Waals surface area contributed by atoms with E-state index in [1.807, 2.05) is 0 Å². The third-order valence-electron chi connectivity index (χ3n) is 3.58. The number of benzene rings is 1. The fourth-order valence-electron chi connectivity index (χ4n) is 2.44. The van der Waals surface area contributed by atoms with Gasteiger partial charge >= 0.3 is 0 Å². The molecule has 9 heteroatoms. The third kappa shape index (κ3) is 4.46.